The zero-order valence-electron chi connectivity index (χ0n) is 27.4. The van der Waals surface area contributed by atoms with E-state index in [1.165, 1.54) is 55.6 Å². The van der Waals surface area contributed by atoms with E-state index in [1.807, 2.05) is 0 Å². The van der Waals surface area contributed by atoms with Crippen molar-refractivity contribution in [3.05, 3.63) is 216 Å². The molecule has 0 radical (unpaired) electrons. The second-order valence-corrected chi connectivity index (χ2v) is 13.3. The van der Waals surface area contributed by atoms with Gasteiger partial charge in [0.05, 0.1) is 5.41 Å². The molecule has 234 valence electrons. The Morgan fingerprint density at radius 1 is 0.300 bits per heavy atom. The van der Waals surface area contributed by atoms with Gasteiger partial charge in [0, 0.05) is 10.8 Å². The molecule has 0 bridgehead atoms. The van der Waals surface area contributed by atoms with Crippen LogP contribution in [0, 0.1) is 0 Å². The Kier molecular flexibility index (Phi) is 6.47. The SMILES string of the molecule is c1ccc(-c2cc(-c3ccccc3)cc(-c3ccc4c(c3)oc3cc5c(cc34)-c3ccccc3C5(c3ccccc3)c3ccccc3)c2)cc1. The van der Waals surface area contributed by atoms with Crippen molar-refractivity contribution >= 4 is 21.9 Å². The Morgan fingerprint density at radius 2 is 0.800 bits per heavy atom. The first-order valence-corrected chi connectivity index (χ1v) is 17.3. The molecule has 8 aromatic carbocycles. The fraction of sp³-hybridized carbons (Fsp3) is 0.0204. The molecule has 0 saturated heterocycles. The minimum atomic E-state index is -0.460. The molecule has 0 N–H and O–H groups in total. The van der Waals surface area contributed by atoms with Gasteiger partial charge < -0.3 is 4.42 Å². The highest BCUT2D eigenvalue weighted by molar-refractivity contribution is 6.09. The van der Waals surface area contributed by atoms with E-state index in [0.29, 0.717) is 0 Å². The van der Waals surface area contributed by atoms with Crippen molar-refractivity contribution in [2.45, 2.75) is 5.41 Å². The summed E-state index contributed by atoms with van der Waals surface area (Å²) < 4.78 is 6.83. The van der Waals surface area contributed by atoms with Crippen LogP contribution in [0.2, 0.25) is 0 Å². The molecular formula is C49H32O. The van der Waals surface area contributed by atoms with Crippen LogP contribution in [0.5, 0.6) is 0 Å². The molecule has 0 atom stereocenters. The molecule has 10 rings (SSSR count). The van der Waals surface area contributed by atoms with Crippen LogP contribution in [0.3, 0.4) is 0 Å². The Balaban J connectivity index is 1.18. The van der Waals surface area contributed by atoms with Gasteiger partial charge in [0.2, 0.25) is 0 Å². The van der Waals surface area contributed by atoms with Crippen molar-refractivity contribution in [2.75, 3.05) is 0 Å². The van der Waals surface area contributed by atoms with E-state index in [0.717, 1.165) is 33.1 Å². The van der Waals surface area contributed by atoms with Crippen molar-refractivity contribution in [1.82, 2.24) is 0 Å². The number of furan rings is 1. The second-order valence-electron chi connectivity index (χ2n) is 13.3. The number of hydrogen-bond donors (Lipinski definition) is 0. The van der Waals surface area contributed by atoms with Gasteiger partial charge in [0.25, 0.3) is 0 Å². The van der Waals surface area contributed by atoms with Gasteiger partial charge in [0.1, 0.15) is 11.2 Å². The summed E-state index contributed by atoms with van der Waals surface area (Å²) >= 11 is 0. The molecule has 1 aromatic heterocycles. The summed E-state index contributed by atoms with van der Waals surface area (Å²) in [5, 5.41) is 2.27. The van der Waals surface area contributed by atoms with E-state index < -0.39 is 5.41 Å². The maximum absolute atomic E-state index is 6.83. The minimum Gasteiger partial charge on any atom is -0.456 e. The number of fused-ring (bicyclic) bond motifs is 6. The van der Waals surface area contributed by atoms with E-state index in [1.54, 1.807) is 0 Å². The lowest BCUT2D eigenvalue weighted by molar-refractivity contribution is 0.666. The monoisotopic (exact) mass is 636 g/mol. The minimum absolute atomic E-state index is 0.460. The van der Waals surface area contributed by atoms with Gasteiger partial charge in [-0.25, -0.2) is 0 Å². The van der Waals surface area contributed by atoms with E-state index in [-0.39, 0.29) is 0 Å². The summed E-state index contributed by atoms with van der Waals surface area (Å²) in [6.45, 7) is 0. The summed E-state index contributed by atoms with van der Waals surface area (Å²) in [7, 11) is 0. The molecule has 0 spiro atoms. The quantitative estimate of drug-likeness (QED) is 0.183. The standard InChI is InChI=1S/C49H32O/c1-5-15-33(16-6-1)36-27-37(34-17-7-2-8-18-34)29-38(28-36)35-25-26-42-44-31-43-41-23-13-14-24-45(41)49(39-19-9-3-10-20-39,40-21-11-4-12-22-40)46(43)32-48(44)50-47(42)30-35/h1-32H. The maximum Gasteiger partial charge on any atom is 0.136 e. The lowest BCUT2D eigenvalue weighted by Crippen LogP contribution is -2.28. The molecular weight excluding hydrogens is 605 g/mol. The van der Waals surface area contributed by atoms with Crippen LogP contribution >= 0.6 is 0 Å². The highest BCUT2D eigenvalue weighted by atomic mass is 16.3. The van der Waals surface area contributed by atoms with Crippen molar-refractivity contribution in [1.29, 1.82) is 0 Å². The fourth-order valence-corrected chi connectivity index (χ4v) is 8.28. The summed E-state index contributed by atoms with van der Waals surface area (Å²) in [6.07, 6.45) is 0. The first kappa shape index (κ1) is 28.6. The molecule has 1 aliphatic rings. The highest BCUT2D eigenvalue weighted by Gasteiger charge is 2.46. The van der Waals surface area contributed by atoms with E-state index in [9.17, 15) is 0 Å². The largest absolute Gasteiger partial charge is 0.456 e. The van der Waals surface area contributed by atoms with Gasteiger partial charge in [-0.1, -0.05) is 152 Å². The molecule has 50 heavy (non-hydrogen) atoms. The van der Waals surface area contributed by atoms with Crippen LogP contribution in [0.15, 0.2) is 199 Å². The van der Waals surface area contributed by atoms with Gasteiger partial charge in [-0.3, -0.25) is 0 Å². The maximum atomic E-state index is 6.83. The summed E-state index contributed by atoms with van der Waals surface area (Å²) in [5.41, 5.74) is 16.0. The second kappa shape index (κ2) is 11.3. The number of benzene rings is 8. The molecule has 1 nitrogen and oxygen atoms in total. The zero-order chi connectivity index (χ0) is 33.1. The Bertz CT molecular complexity index is 2570. The third kappa shape index (κ3) is 4.34. The summed E-state index contributed by atoms with van der Waals surface area (Å²) in [4.78, 5) is 0. The Labute approximate surface area is 291 Å². The third-order valence-electron chi connectivity index (χ3n) is 10.5. The lowest BCUT2D eigenvalue weighted by atomic mass is 9.67. The van der Waals surface area contributed by atoms with Crippen LogP contribution in [0.4, 0.5) is 0 Å². The van der Waals surface area contributed by atoms with Crippen LogP contribution in [0.25, 0.3) is 66.4 Å². The van der Waals surface area contributed by atoms with Gasteiger partial charge in [-0.2, -0.15) is 0 Å². The normalized spacial score (nSPS) is 13.0. The topological polar surface area (TPSA) is 13.1 Å². The van der Waals surface area contributed by atoms with Crippen LogP contribution in [-0.4, -0.2) is 0 Å². The first-order chi connectivity index (χ1) is 24.8. The molecule has 1 aliphatic carbocycles. The van der Waals surface area contributed by atoms with Crippen LogP contribution < -0.4 is 0 Å². The predicted octanol–water partition coefficient (Wildman–Crippen LogP) is 13.0. The van der Waals surface area contributed by atoms with Crippen molar-refractivity contribution < 1.29 is 4.42 Å². The van der Waals surface area contributed by atoms with Gasteiger partial charge in [0.15, 0.2) is 0 Å². The average Bonchev–Trinajstić information content (AvgIpc) is 3.70. The molecule has 0 saturated carbocycles. The molecule has 0 fully saturated rings. The van der Waals surface area contributed by atoms with Gasteiger partial charge >= 0.3 is 0 Å². The highest BCUT2D eigenvalue weighted by Crippen LogP contribution is 2.57. The van der Waals surface area contributed by atoms with E-state index in [2.05, 4.69) is 194 Å². The number of hydrogen-bond acceptors (Lipinski definition) is 1. The molecule has 0 unspecified atom stereocenters. The zero-order valence-corrected chi connectivity index (χ0v) is 27.4. The van der Waals surface area contributed by atoms with Crippen LogP contribution in [-0.2, 0) is 5.41 Å². The molecule has 9 aromatic rings. The fourth-order valence-electron chi connectivity index (χ4n) is 8.28. The van der Waals surface area contributed by atoms with E-state index in [4.69, 9.17) is 4.42 Å². The first-order valence-electron chi connectivity index (χ1n) is 17.3. The van der Waals surface area contributed by atoms with Crippen molar-refractivity contribution in [3.8, 4) is 44.5 Å². The number of rotatable bonds is 5. The van der Waals surface area contributed by atoms with Gasteiger partial charge in [-0.15, -0.1) is 0 Å². The van der Waals surface area contributed by atoms with E-state index >= 15 is 0 Å². The summed E-state index contributed by atoms with van der Waals surface area (Å²) in [5.74, 6) is 0. The lowest BCUT2D eigenvalue weighted by Gasteiger charge is -2.33. The average molecular weight is 637 g/mol. The molecule has 0 amide bonds. The van der Waals surface area contributed by atoms with Crippen LogP contribution in [0.1, 0.15) is 22.3 Å². The Hall–Kier alpha value is -6.44. The Morgan fingerprint density at radius 3 is 1.40 bits per heavy atom. The van der Waals surface area contributed by atoms with Crippen molar-refractivity contribution in [2.24, 2.45) is 0 Å². The van der Waals surface area contributed by atoms with Crippen molar-refractivity contribution in [3.63, 3.8) is 0 Å². The smallest absolute Gasteiger partial charge is 0.136 e. The van der Waals surface area contributed by atoms with Gasteiger partial charge in [-0.05, 0) is 109 Å². The third-order valence-corrected chi connectivity index (χ3v) is 10.5. The molecule has 1 heteroatoms. The summed E-state index contributed by atoms with van der Waals surface area (Å²) in [6, 6.07) is 70.3. The predicted molar refractivity (Wildman–Crippen MR) is 207 cm³/mol. The molecule has 1 heterocycles. The molecule has 0 aliphatic heterocycles.